The van der Waals surface area contributed by atoms with Crippen LogP contribution in [0.25, 0.3) is 0 Å². The molecule has 2 amide bonds. The Labute approximate surface area is 170 Å². The number of nitrogens with zero attached hydrogens (tertiary/aromatic N) is 3. The lowest BCUT2D eigenvalue weighted by Gasteiger charge is -2.43. The molecule has 11 heteroatoms. The summed E-state index contributed by atoms with van der Waals surface area (Å²) in [6, 6.07) is 0. The first-order valence-electron chi connectivity index (χ1n) is 9.05. The average Bonchev–Trinajstić information content (AvgIpc) is 3.27. The van der Waals surface area contributed by atoms with Crippen molar-refractivity contribution in [1.82, 2.24) is 20.0 Å². The number of hydrogen-bond donors (Lipinski definition) is 3. The van der Waals surface area contributed by atoms with Crippen molar-refractivity contribution in [3.63, 3.8) is 0 Å². The van der Waals surface area contributed by atoms with Crippen LogP contribution < -0.4 is 5.32 Å². The molecule has 9 nitrogen and oxygen atoms in total. The lowest BCUT2D eigenvalue weighted by atomic mass is 9.92. The molecular weight excluding hydrogens is 404 g/mol. The average molecular weight is 427 g/mol. The van der Waals surface area contributed by atoms with Crippen LogP contribution >= 0.6 is 23.5 Å². The van der Waals surface area contributed by atoms with Gasteiger partial charge in [0, 0.05) is 25.5 Å². The van der Waals surface area contributed by atoms with Crippen molar-refractivity contribution in [1.29, 1.82) is 0 Å². The van der Waals surface area contributed by atoms with Crippen LogP contribution in [0.3, 0.4) is 0 Å². The van der Waals surface area contributed by atoms with E-state index in [0.717, 1.165) is 18.7 Å². The molecule has 4 rings (SSSR count). The van der Waals surface area contributed by atoms with Gasteiger partial charge in [-0.05, 0) is 13.3 Å². The minimum Gasteiger partial charge on any atom is -0.477 e. The first-order valence-corrected chi connectivity index (χ1v) is 10.8. The number of amides is 2. The van der Waals surface area contributed by atoms with Crippen LogP contribution in [-0.4, -0.2) is 86.2 Å². The number of hydrogen-bond acceptors (Lipinski definition) is 8. The van der Waals surface area contributed by atoms with Gasteiger partial charge in [-0.3, -0.25) is 14.5 Å². The van der Waals surface area contributed by atoms with Gasteiger partial charge in [0.1, 0.15) is 5.37 Å². The second-order valence-electron chi connectivity index (χ2n) is 7.20. The Kier molecular flexibility index (Phi) is 5.00. The molecule has 0 bridgehead atoms. The third-order valence-electron chi connectivity index (χ3n) is 5.37. The van der Waals surface area contributed by atoms with E-state index in [1.165, 1.54) is 28.4 Å². The molecule has 1 unspecified atom stereocenters. The van der Waals surface area contributed by atoms with Crippen LogP contribution in [0.1, 0.15) is 13.3 Å². The summed E-state index contributed by atoms with van der Waals surface area (Å²) < 4.78 is 0.617. The maximum Gasteiger partial charge on any atom is 0.354 e. The number of aliphatic carboxylic acids is 1. The van der Waals surface area contributed by atoms with Gasteiger partial charge in [0.05, 0.1) is 34.7 Å². The molecule has 4 atom stereocenters. The number of fused-ring (bicyclic) bond motifs is 2. The summed E-state index contributed by atoms with van der Waals surface area (Å²) in [5, 5.41) is 21.8. The molecule has 3 N–H and O–H groups in total. The van der Waals surface area contributed by atoms with E-state index in [2.05, 4.69) is 10.2 Å². The van der Waals surface area contributed by atoms with Gasteiger partial charge in [0.15, 0.2) is 5.70 Å². The topological polar surface area (TPSA) is 113 Å². The van der Waals surface area contributed by atoms with E-state index in [1.54, 1.807) is 14.0 Å². The smallest absolute Gasteiger partial charge is 0.354 e. The summed E-state index contributed by atoms with van der Waals surface area (Å²) in [6.45, 7) is 3.34. The van der Waals surface area contributed by atoms with E-state index in [-0.39, 0.29) is 34.7 Å². The Hall–Kier alpha value is -1.85. The second kappa shape index (κ2) is 7.20. The zero-order valence-corrected chi connectivity index (χ0v) is 17.1. The van der Waals surface area contributed by atoms with Crippen molar-refractivity contribution in [3.8, 4) is 0 Å². The predicted octanol–water partition coefficient (Wildman–Crippen LogP) is -0.180. The highest BCUT2D eigenvalue weighted by Crippen LogP contribution is 2.56. The van der Waals surface area contributed by atoms with E-state index in [9.17, 15) is 24.6 Å². The molecular formula is C17H22N4O5S2. The van der Waals surface area contributed by atoms with Gasteiger partial charge < -0.3 is 25.3 Å². The Morgan fingerprint density at radius 2 is 2.21 bits per heavy atom. The predicted molar refractivity (Wildman–Crippen MR) is 104 cm³/mol. The molecule has 4 aliphatic rings. The molecule has 0 saturated carbocycles. The summed E-state index contributed by atoms with van der Waals surface area (Å²) in [5.74, 6) is -2.07. The van der Waals surface area contributed by atoms with Crippen LogP contribution in [0, 0.1) is 5.92 Å². The molecule has 0 aromatic heterocycles. The number of nitrogens with one attached hydrogen (secondary N) is 1. The number of rotatable bonds is 6. The summed E-state index contributed by atoms with van der Waals surface area (Å²) in [6.07, 6.45) is 2.04. The van der Waals surface area contributed by atoms with Gasteiger partial charge >= 0.3 is 5.97 Å². The zero-order valence-electron chi connectivity index (χ0n) is 15.5. The summed E-state index contributed by atoms with van der Waals surface area (Å²) in [7, 11) is 1.61. The Balaban J connectivity index is 1.51. The van der Waals surface area contributed by atoms with Crippen molar-refractivity contribution in [3.05, 3.63) is 21.8 Å². The SMILES string of the molecule is CNC(=O)CN1C=C2C(SC3=C(C(=O)O)N4C(=O)[C@@H]([C@@H](C)O)[C@@H]4S3)CCN2C1. The highest BCUT2D eigenvalue weighted by Gasteiger charge is 2.58. The van der Waals surface area contributed by atoms with E-state index in [1.807, 2.05) is 11.1 Å². The van der Waals surface area contributed by atoms with E-state index in [4.69, 9.17) is 0 Å². The maximum absolute atomic E-state index is 12.3. The normalized spacial score (nSPS) is 29.5. The summed E-state index contributed by atoms with van der Waals surface area (Å²) in [5.41, 5.74) is 1.11. The molecule has 152 valence electrons. The standard InChI is InChI=1S/C17H22N4O5S2/c1-8(22)12-14(24)21-13(16(25)26)17(28-15(12)21)27-10-3-4-20-7-19(5-9(10)20)6-11(23)18-2/h5,8,10,12,15,22H,3-4,6-7H2,1-2H3,(H,18,23)(H,25,26)/t8-,10?,12-,15+/m1/s1. The molecule has 28 heavy (non-hydrogen) atoms. The number of carbonyl (C=O) groups excluding carboxylic acids is 2. The number of aliphatic hydroxyl groups is 1. The summed E-state index contributed by atoms with van der Waals surface area (Å²) in [4.78, 5) is 41.2. The fraction of sp³-hybridized carbons (Fsp3) is 0.588. The largest absolute Gasteiger partial charge is 0.477 e. The van der Waals surface area contributed by atoms with Gasteiger partial charge in [-0.25, -0.2) is 4.79 Å². The van der Waals surface area contributed by atoms with Crippen LogP contribution in [0.2, 0.25) is 0 Å². The molecule has 0 radical (unpaired) electrons. The quantitative estimate of drug-likeness (QED) is 0.498. The number of β-lactam (4-membered cyclic amide) rings is 1. The molecule has 0 aromatic carbocycles. The first kappa shape index (κ1) is 19.5. The van der Waals surface area contributed by atoms with Gasteiger partial charge in [0.25, 0.3) is 0 Å². The molecule has 0 spiro atoms. The van der Waals surface area contributed by atoms with Crippen molar-refractivity contribution < 1.29 is 24.6 Å². The highest BCUT2D eigenvalue weighted by molar-refractivity contribution is 8.23. The lowest BCUT2D eigenvalue weighted by molar-refractivity contribution is -0.156. The monoisotopic (exact) mass is 426 g/mol. The Bertz CT molecular complexity index is 798. The van der Waals surface area contributed by atoms with Crippen molar-refractivity contribution in [2.45, 2.75) is 30.1 Å². The van der Waals surface area contributed by atoms with Crippen LogP contribution in [0.4, 0.5) is 0 Å². The number of carboxylic acid groups (broad SMARTS) is 1. The number of carbonyl (C=O) groups is 3. The maximum atomic E-state index is 12.3. The molecule has 4 heterocycles. The van der Waals surface area contributed by atoms with Crippen molar-refractivity contribution in [2.75, 3.05) is 26.8 Å². The van der Waals surface area contributed by atoms with Crippen molar-refractivity contribution in [2.24, 2.45) is 5.92 Å². The first-order chi connectivity index (χ1) is 13.3. The fourth-order valence-corrected chi connectivity index (χ4v) is 7.26. The van der Waals surface area contributed by atoms with E-state index < -0.39 is 18.0 Å². The number of likely N-dealkylation sites (N-methyl/N-ethyl adjacent to an activating group) is 1. The number of thioether (sulfide) groups is 2. The third-order valence-corrected chi connectivity index (χ3v) is 8.27. The summed E-state index contributed by atoms with van der Waals surface area (Å²) >= 11 is 2.82. The number of aliphatic hydroxyl groups excluding tert-OH is 1. The lowest BCUT2D eigenvalue weighted by Crippen LogP contribution is -2.60. The Morgan fingerprint density at radius 1 is 1.46 bits per heavy atom. The van der Waals surface area contributed by atoms with Crippen LogP contribution in [0.15, 0.2) is 21.8 Å². The molecule has 2 fully saturated rings. The van der Waals surface area contributed by atoms with Gasteiger partial charge in [-0.2, -0.15) is 0 Å². The van der Waals surface area contributed by atoms with Gasteiger partial charge in [-0.15, -0.1) is 11.8 Å². The molecule has 0 aliphatic carbocycles. The van der Waals surface area contributed by atoms with Crippen molar-refractivity contribution >= 4 is 41.3 Å². The van der Waals surface area contributed by atoms with Gasteiger partial charge in [-0.1, -0.05) is 11.8 Å². The minimum atomic E-state index is -1.12. The molecule has 4 aliphatic heterocycles. The molecule has 0 aromatic rings. The van der Waals surface area contributed by atoms with Crippen LogP contribution in [-0.2, 0) is 14.4 Å². The van der Waals surface area contributed by atoms with E-state index in [0.29, 0.717) is 10.9 Å². The zero-order chi connectivity index (χ0) is 20.2. The fourth-order valence-electron chi connectivity index (χ4n) is 3.96. The third kappa shape index (κ3) is 3.05. The minimum absolute atomic E-state index is 0.0289. The van der Waals surface area contributed by atoms with Crippen LogP contribution in [0.5, 0.6) is 0 Å². The Morgan fingerprint density at radius 3 is 2.86 bits per heavy atom. The number of carboxylic acids is 1. The van der Waals surface area contributed by atoms with Gasteiger partial charge in [0.2, 0.25) is 11.8 Å². The highest BCUT2D eigenvalue weighted by atomic mass is 32.2. The second-order valence-corrected chi connectivity index (χ2v) is 9.80. The molecule has 2 saturated heterocycles. The van der Waals surface area contributed by atoms with E-state index >= 15 is 0 Å².